The van der Waals surface area contributed by atoms with Gasteiger partial charge in [0, 0.05) is 23.3 Å². The predicted octanol–water partition coefficient (Wildman–Crippen LogP) is 3.45. The number of rotatable bonds is 6. The predicted molar refractivity (Wildman–Crippen MR) is 106 cm³/mol. The molecule has 0 spiro atoms. The van der Waals surface area contributed by atoms with Crippen molar-refractivity contribution in [2.24, 2.45) is 0 Å². The van der Waals surface area contributed by atoms with Crippen molar-refractivity contribution in [3.8, 4) is 39.2 Å². The van der Waals surface area contributed by atoms with Crippen LogP contribution in [0.2, 0.25) is 0 Å². The number of benzene rings is 2. The zero-order valence-electron chi connectivity index (χ0n) is 15.6. The van der Waals surface area contributed by atoms with E-state index in [1.807, 2.05) is 0 Å². The molecule has 0 N–H and O–H groups in total. The van der Waals surface area contributed by atoms with Gasteiger partial charge in [-0.2, -0.15) is 9.61 Å². The maximum atomic E-state index is 10.8. The average Bonchev–Trinajstić information content (AvgIpc) is 3.33. The third-order valence-corrected chi connectivity index (χ3v) is 5.19. The van der Waals surface area contributed by atoms with Crippen LogP contribution in [0.5, 0.6) is 17.2 Å². The van der Waals surface area contributed by atoms with Gasteiger partial charge in [-0.25, -0.2) is 0 Å². The van der Waals surface area contributed by atoms with E-state index in [4.69, 9.17) is 14.2 Å². The minimum atomic E-state index is -0.440. The Morgan fingerprint density at radius 2 is 1.62 bits per heavy atom. The number of ether oxygens (including phenoxy) is 3. The SMILES string of the molecule is COc1cc(-c2nnc3sc(-c4ccc([N+](=O)[O-])cc4)nn23)cc(OC)c1OC. The molecule has 0 saturated carbocycles. The van der Waals surface area contributed by atoms with Gasteiger partial charge < -0.3 is 14.2 Å². The number of aromatic nitrogens is 4. The highest BCUT2D eigenvalue weighted by molar-refractivity contribution is 7.19. The highest BCUT2D eigenvalue weighted by Crippen LogP contribution is 2.41. The van der Waals surface area contributed by atoms with Crippen molar-refractivity contribution < 1.29 is 19.1 Å². The number of fused-ring (bicyclic) bond motifs is 1. The van der Waals surface area contributed by atoms with Crippen molar-refractivity contribution in [1.82, 2.24) is 19.8 Å². The van der Waals surface area contributed by atoms with E-state index in [-0.39, 0.29) is 5.69 Å². The molecule has 0 aliphatic heterocycles. The Morgan fingerprint density at radius 1 is 0.966 bits per heavy atom. The van der Waals surface area contributed by atoms with Crippen LogP contribution in [-0.4, -0.2) is 46.1 Å². The highest BCUT2D eigenvalue weighted by Gasteiger charge is 2.20. The van der Waals surface area contributed by atoms with E-state index in [9.17, 15) is 10.1 Å². The molecule has 2 aromatic carbocycles. The first-order chi connectivity index (χ1) is 14.0. The summed E-state index contributed by atoms with van der Waals surface area (Å²) in [5.74, 6) is 1.96. The molecule has 148 valence electrons. The fourth-order valence-corrected chi connectivity index (χ4v) is 3.69. The topological polar surface area (TPSA) is 114 Å². The largest absolute Gasteiger partial charge is 0.493 e. The zero-order chi connectivity index (χ0) is 20.5. The van der Waals surface area contributed by atoms with Gasteiger partial charge in [-0.3, -0.25) is 10.1 Å². The lowest BCUT2D eigenvalue weighted by Crippen LogP contribution is -1.97. The van der Waals surface area contributed by atoms with Crippen LogP contribution in [0.3, 0.4) is 0 Å². The summed E-state index contributed by atoms with van der Waals surface area (Å²) >= 11 is 1.33. The first-order valence-electron chi connectivity index (χ1n) is 8.33. The Kier molecular flexibility index (Phi) is 4.72. The van der Waals surface area contributed by atoms with Crippen LogP contribution in [0.25, 0.3) is 26.9 Å². The second-order valence-corrected chi connectivity index (χ2v) is 6.80. The van der Waals surface area contributed by atoms with Gasteiger partial charge in [0.2, 0.25) is 10.7 Å². The number of methoxy groups -OCH3 is 3. The minimum Gasteiger partial charge on any atom is -0.493 e. The molecule has 0 aliphatic rings. The summed E-state index contributed by atoms with van der Waals surface area (Å²) in [6, 6.07) is 9.73. The van der Waals surface area contributed by atoms with Crippen LogP contribution in [-0.2, 0) is 0 Å². The zero-order valence-corrected chi connectivity index (χ0v) is 16.5. The quantitative estimate of drug-likeness (QED) is 0.349. The Morgan fingerprint density at radius 3 is 2.17 bits per heavy atom. The normalized spacial score (nSPS) is 10.9. The molecule has 2 aromatic heterocycles. The molecular weight excluding hydrogens is 398 g/mol. The summed E-state index contributed by atoms with van der Waals surface area (Å²) in [5, 5.41) is 24.5. The van der Waals surface area contributed by atoms with E-state index in [2.05, 4.69) is 15.3 Å². The molecule has 0 atom stereocenters. The van der Waals surface area contributed by atoms with E-state index in [1.165, 1.54) is 44.8 Å². The number of non-ortho nitro benzene ring substituents is 1. The van der Waals surface area contributed by atoms with Crippen molar-refractivity contribution in [3.63, 3.8) is 0 Å². The summed E-state index contributed by atoms with van der Waals surface area (Å²) in [6.45, 7) is 0. The molecule has 0 aliphatic carbocycles. The van der Waals surface area contributed by atoms with Crippen molar-refractivity contribution in [3.05, 3.63) is 46.5 Å². The lowest BCUT2D eigenvalue weighted by molar-refractivity contribution is -0.384. The van der Waals surface area contributed by atoms with Crippen LogP contribution in [0, 0.1) is 10.1 Å². The molecule has 0 radical (unpaired) electrons. The van der Waals surface area contributed by atoms with Crippen molar-refractivity contribution in [2.75, 3.05) is 21.3 Å². The Labute approximate surface area is 168 Å². The number of nitro benzene ring substituents is 1. The molecule has 0 saturated heterocycles. The van der Waals surface area contributed by atoms with Gasteiger partial charge in [0.25, 0.3) is 5.69 Å². The van der Waals surface area contributed by atoms with E-state index < -0.39 is 4.92 Å². The second kappa shape index (κ2) is 7.36. The van der Waals surface area contributed by atoms with Crippen LogP contribution in [0.15, 0.2) is 36.4 Å². The number of hydrogen-bond acceptors (Lipinski definition) is 9. The van der Waals surface area contributed by atoms with Gasteiger partial charge in [-0.05, 0) is 24.3 Å². The number of nitro groups is 1. The van der Waals surface area contributed by atoms with Gasteiger partial charge in [0.15, 0.2) is 17.3 Å². The molecule has 10 nitrogen and oxygen atoms in total. The third-order valence-electron chi connectivity index (χ3n) is 4.24. The molecule has 0 bridgehead atoms. The van der Waals surface area contributed by atoms with E-state index in [0.717, 1.165) is 5.56 Å². The minimum absolute atomic E-state index is 0.0230. The van der Waals surface area contributed by atoms with Crippen LogP contribution < -0.4 is 14.2 Å². The summed E-state index contributed by atoms with van der Waals surface area (Å²) in [6.07, 6.45) is 0. The molecule has 0 amide bonds. The molecule has 0 unspecified atom stereocenters. The van der Waals surface area contributed by atoms with Crippen LogP contribution >= 0.6 is 11.3 Å². The molecule has 0 fully saturated rings. The monoisotopic (exact) mass is 413 g/mol. The summed E-state index contributed by atoms with van der Waals surface area (Å²) in [4.78, 5) is 11.0. The Hall–Kier alpha value is -3.73. The third kappa shape index (κ3) is 3.21. The van der Waals surface area contributed by atoms with Crippen molar-refractivity contribution in [1.29, 1.82) is 0 Å². The molecule has 11 heteroatoms. The molecule has 4 aromatic rings. The summed E-state index contributed by atoms with van der Waals surface area (Å²) in [7, 11) is 4.61. The van der Waals surface area contributed by atoms with Gasteiger partial charge in [-0.15, -0.1) is 10.2 Å². The summed E-state index contributed by atoms with van der Waals surface area (Å²) < 4.78 is 17.8. The van der Waals surface area contributed by atoms with E-state index in [1.54, 1.807) is 28.8 Å². The number of hydrogen-bond donors (Lipinski definition) is 0. The standard InChI is InChI=1S/C18H15N5O5S/c1-26-13-8-11(9-14(27-2)15(13)28-3)16-19-20-18-22(16)21-17(29-18)10-4-6-12(7-5-10)23(24)25/h4-9H,1-3H3. The lowest BCUT2D eigenvalue weighted by atomic mass is 10.1. The van der Waals surface area contributed by atoms with Gasteiger partial charge in [0.1, 0.15) is 5.01 Å². The Bertz CT molecular complexity index is 1180. The highest BCUT2D eigenvalue weighted by atomic mass is 32.1. The summed E-state index contributed by atoms with van der Waals surface area (Å²) in [5.41, 5.74) is 1.46. The van der Waals surface area contributed by atoms with Gasteiger partial charge in [-0.1, -0.05) is 11.3 Å². The smallest absolute Gasteiger partial charge is 0.269 e. The maximum absolute atomic E-state index is 10.8. The van der Waals surface area contributed by atoms with Crippen molar-refractivity contribution in [2.45, 2.75) is 0 Å². The van der Waals surface area contributed by atoms with Gasteiger partial charge >= 0.3 is 0 Å². The molecule has 4 rings (SSSR count). The molecular formula is C18H15N5O5S. The lowest BCUT2D eigenvalue weighted by Gasteiger charge is -2.13. The van der Waals surface area contributed by atoms with E-state index >= 15 is 0 Å². The fraction of sp³-hybridized carbons (Fsp3) is 0.167. The van der Waals surface area contributed by atoms with Crippen molar-refractivity contribution >= 4 is 22.0 Å². The molecule has 2 heterocycles. The van der Waals surface area contributed by atoms with E-state index in [0.29, 0.717) is 38.6 Å². The second-order valence-electron chi connectivity index (χ2n) is 5.84. The first-order valence-corrected chi connectivity index (χ1v) is 9.14. The maximum Gasteiger partial charge on any atom is 0.269 e. The molecule has 29 heavy (non-hydrogen) atoms. The first kappa shape index (κ1) is 18.6. The van der Waals surface area contributed by atoms with Gasteiger partial charge in [0.05, 0.1) is 26.3 Å². The van der Waals surface area contributed by atoms with Crippen LogP contribution in [0.4, 0.5) is 5.69 Å². The number of nitrogens with zero attached hydrogens (tertiary/aromatic N) is 5. The fourth-order valence-electron chi connectivity index (χ4n) is 2.85. The Balaban J connectivity index is 1.79. The average molecular weight is 413 g/mol. The van der Waals surface area contributed by atoms with Crippen LogP contribution in [0.1, 0.15) is 0 Å².